The van der Waals surface area contributed by atoms with Crippen LogP contribution in [-0.2, 0) is 0 Å². The molecule has 6 nitrogen and oxygen atoms in total. The molecule has 2 rings (SSSR count). The van der Waals surface area contributed by atoms with E-state index in [-0.39, 0.29) is 6.04 Å². The molecule has 1 aromatic carbocycles. The van der Waals surface area contributed by atoms with Gasteiger partial charge in [-0.3, -0.25) is 4.90 Å². The molecule has 0 radical (unpaired) electrons. The van der Waals surface area contributed by atoms with Crippen LogP contribution in [0, 0.1) is 0 Å². The van der Waals surface area contributed by atoms with Crippen LogP contribution in [0.4, 0.5) is 11.7 Å². The first-order valence-electron chi connectivity index (χ1n) is 6.04. The summed E-state index contributed by atoms with van der Waals surface area (Å²) in [7, 11) is 5.34. The number of benzene rings is 1. The van der Waals surface area contributed by atoms with E-state index >= 15 is 0 Å². The monoisotopic (exact) mass is 262 g/mol. The standard InChI is InChI=1S/C13H18N4O2/c1-9(14-2)12-15-16-13(19-12)17(3)10-7-5-6-8-11(10)18-4/h5-9,14H,1-4H3. The maximum absolute atomic E-state index is 5.64. The summed E-state index contributed by atoms with van der Waals surface area (Å²) in [6.07, 6.45) is 0. The van der Waals surface area contributed by atoms with Crippen LogP contribution in [0.5, 0.6) is 5.75 Å². The molecule has 0 fully saturated rings. The van der Waals surface area contributed by atoms with Crippen molar-refractivity contribution in [3.8, 4) is 5.75 Å². The first kappa shape index (κ1) is 13.4. The van der Waals surface area contributed by atoms with Crippen molar-refractivity contribution < 1.29 is 9.15 Å². The lowest BCUT2D eigenvalue weighted by Gasteiger charge is -2.17. The number of nitrogens with zero attached hydrogens (tertiary/aromatic N) is 3. The van der Waals surface area contributed by atoms with E-state index in [1.54, 1.807) is 12.0 Å². The lowest BCUT2D eigenvalue weighted by atomic mass is 10.3. The Hall–Kier alpha value is -2.08. The van der Waals surface area contributed by atoms with Crippen molar-refractivity contribution in [3.63, 3.8) is 0 Å². The van der Waals surface area contributed by atoms with Crippen molar-refractivity contribution in [2.24, 2.45) is 0 Å². The molecular weight excluding hydrogens is 244 g/mol. The predicted molar refractivity (Wildman–Crippen MR) is 72.8 cm³/mol. The summed E-state index contributed by atoms with van der Waals surface area (Å²) in [5, 5.41) is 11.1. The summed E-state index contributed by atoms with van der Waals surface area (Å²) in [6.45, 7) is 1.96. The number of hydrogen-bond donors (Lipinski definition) is 1. The number of aromatic nitrogens is 2. The largest absolute Gasteiger partial charge is 0.495 e. The van der Waals surface area contributed by atoms with E-state index in [2.05, 4.69) is 15.5 Å². The highest BCUT2D eigenvalue weighted by atomic mass is 16.5. The lowest BCUT2D eigenvalue weighted by Crippen LogP contribution is -2.12. The van der Waals surface area contributed by atoms with E-state index in [1.165, 1.54) is 0 Å². The second-order valence-corrected chi connectivity index (χ2v) is 4.16. The van der Waals surface area contributed by atoms with E-state index in [0.717, 1.165) is 11.4 Å². The van der Waals surface area contributed by atoms with Gasteiger partial charge in [-0.2, -0.15) is 0 Å². The summed E-state index contributed by atoms with van der Waals surface area (Å²) in [5.41, 5.74) is 0.873. The molecule has 0 bridgehead atoms. The first-order chi connectivity index (χ1) is 9.17. The van der Waals surface area contributed by atoms with Gasteiger partial charge in [0.05, 0.1) is 18.8 Å². The maximum atomic E-state index is 5.64. The second-order valence-electron chi connectivity index (χ2n) is 4.16. The second kappa shape index (κ2) is 5.71. The number of rotatable bonds is 5. The Kier molecular flexibility index (Phi) is 4.01. The minimum atomic E-state index is 0.0207. The minimum Gasteiger partial charge on any atom is -0.495 e. The molecule has 0 spiro atoms. The van der Waals surface area contributed by atoms with Crippen molar-refractivity contribution in [2.75, 3.05) is 26.1 Å². The van der Waals surface area contributed by atoms with Gasteiger partial charge in [-0.15, -0.1) is 5.10 Å². The SMILES string of the molecule is CNC(C)c1nnc(N(C)c2ccccc2OC)o1. The number of anilines is 2. The van der Waals surface area contributed by atoms with Crippen molar-refractivity contribution in [1.29, 1.82) is 0 Å². The Bertz CT molecular complexity index is 541. The third-order valence-electron chi connectivity index (χ3n) is 2.97. The predicted octanol–water partition coefficient (Wildman–Crippen LogP) is 2.13. The molecule has 102 valence electrons. The third kappa shape index (κ3) is 2.68. The zero-order valence-electron chi connectivity index (χ0n) is 11.5. The topological polar surface area (TPSA) is 63.4 Å². The van der Waals surface area contributed by atoms with Crippen LogP contribution in [0.15, 0.2) is 28.7 Å². The average molecular weight is 262 g/mol. The molecule has 0 saturated carbocycles. The molecule has 6 heteroatoms. The highest BCUT2D eigenvalue weighted by Gasteiger charge is 2.17. The van der Waals surface area contributed by atoms with Crippen molar-refractivity contribution in [3.05, 3.63) is 30.2 Å². The quantitative estimate of drug-likeness (QED) is 0.890. The normalized spacial score (nSPS) is 12.2. The minimum absolute atomic E-state index is 0.0207. The maximum Gasteiger partial charge on any atom is 0.322 e. The average Bonchev–Trinajstić information content (AvgIpc) is 2.95. The van der Waals surface area contributed by atoms with Crippen LogP contribution in [0.1, 0.15) is 18.9 Å². The Morgan fingerprint density at radius 2 is 2.05 bits per heavy atom. The molecule has 19 heavy (non-hydrogen) atoms. The summed E-state index contributed by atoms with van der Waals surface area (Å²) >= 11 is 0. The summed E-state index contributed by atoms with van der Waals surface area (Å²) in [4.78, 5) is 1.80. The van der Waals surface area contributed by atoms with Gasteiger partial charge in [0.1, 0.15) is 5.75 Å². The van der Waals surface area contributed by atoms with Gasteiger partial charge in [0.25, 0.3) is 0 Å². The van der Waals surface area contributed by atoms with Crippen LogP contribution < -0.4 is 15.0 Å². The zero-order valence-corrected chi connectivity index (χ0v) is 11.5. The highest BCUT2D eigenvalue weighted by Crippen LogP contribution is 2.31. The summed E-state index contributed by atoms with van der Waals surface area (Å²) in [5.74, 6) is 1.31. The molecule has 0 aliphatic heterocycles. The van der Waals surface area contributed by atoms with Gasteiger partial charge in [-0.1, -0.05) is 17.2 Å². The Balaban J connectivity index is 2.28. The third-order valence-corrected chi connectivity index (χ3v) is 2.97. The molecule has 0 aliphatic carbocycles. The van der Waals surface area contributed by atoms with E-state index in [9.17, 15) is 0 Å². The van der Waals surface area contributed by atoms with Crippen LogP contribution in [0.2, 0.25) is 0 Å². The van der Waals surface area contributed by atoms with Gasteiger partial charge in [0.15, 0.2) is 0 Å². The van der Waals surface area contributed by atoms with E-state index in [0.29, 0.717) is 11.9 Å². The van der Waals surface area contributed by atoms with Crippen molar-refractivity contribution in [2.45, 2.75) is 13.0 Å². The van der Waals surface area contributed by atoms with E-state index < -0.39 is 0 Å². The van der Waals surface area contributed by atoms with Crippen LogP contribution >= 0.6 is 0 Å². The van der Waals surface area contributed by atoms with Gasteiger partial charge in [-0.05, 0) is 26.1 Å². The van der Waals surface area contributed by atoms with Gasteiger partial charge in [0.2, 0.25) is 5.89 Å². The fourth-order valence-electron chi connectivity index (χ4n) is 1.67. The zero-order chi connectivity index (χ0) is 13.8. The highest BCUT2D eigenvalue weighted by molar-refractivity contribution is 5.63. The number of methoxy groups -OCH3 is 1. The molecule has 1 N–H and O–H groups in total. The summed E-state index contributed by atoms with van der Waals surface area (Å²) in [6, 6.07) is 8.12. The molecule has 0 amide bonds. The van der Waals surface area contributed by atoms with Crippen LogP contribution in [0.25, 0.3) is 0 Å². The Labute approximate surface area is 112 Å². The molecule has 1 heterocycles. The molecule has 0 saturated heterocycles. The van der Waals surface area contributed by atoms with Gasteiger partial charge >= 0.3 is 6.01 Å². The molecule has 2 aromatic rings. The van der Waals surface area contributed by atoms with Gasteiger partial charge < -0.3 is 14.5 Å². The number of para-hydroxylation sites is 2. The van der Waals surface area contributed by atoms with Gasteiger partial charge in [0, 0.05) is 7.05 Å². The fourth-order valence-corrected chi connectivity index (χ4v) is 1.67. The summed E-state index contributed by atoms with van der Waals surface area (Å²) < 4.78 is 11.0. The number of ether oxygens (including phenoxy) is 1. The lowest BCUT2D eigenvalue weighted by molar-refractivity contribution is 0.413. The molecule has 1 aromatic heterocycles. The van der Waals surface area contributed by atoms with Crippen molar-refractivity contribution >= 4 is 11.7 Å². The van der Waals surface area contributed by atoms with E-state index in [1.807, 2.05) is 45.3 Å². The number of nitrogens with one attached hydrogen (secondary N) is 1. The molecule has 1 atom stereocenters. The van der Waals surface area contributed by atoms with Crippen molar-refractivity contribution in [1.82, 2.24) is 15.5 Å². The van der Waals surface area contributed by atoms with Crippen LogP contribution in [0.3, 0.4) is 0 Å². The van der Waals surface area contributed by atoms with Crippen LogP contribution in [-0.4, -0.2) is 31.4 Å². The Morgan fingerprint density at radius 1 is 1.32 bits per heavy atom. The Morgan fingerprint density at radius 3 is 2.74 bits per heavy atom. The number of hydrogen-bond acceptors (Lipinski definition) is 6. The molecule has 0 aliphatic rings. The van der Waals surface area contributed by atoms with E-state index in [4.69, 9.17) is 9.15 Å². The smallest absolute Gasteiger partial charge is 0.322 e. The molecule has 1 unspecified atom stereocenters. The van der Waals surface area contributed by atoms with Gasteiger partial charge in [-0.25, -0.2) is 0 Å². The molecular formula is C13H18N4O2. The fraction of sp³-hybridized carbons (Fsp3) is 0.385. The first-order valence-corrected chi connectivity index (χ1v) is 6.04.